The van der Waals surface area contributed by atoms with Gasteiger partial charge in [0.15, 0.2) is 0 Å². The van der Waals surface area contributed by atoms with Crippen LogP contribution >= 0.6 is 0 Å². The smallest absolute Gasteiger partial charge is 0.0263 e. The summed E-state index contributed by atoms with van der Waals surface area (Å²) in [5, 5.41) is 0. The van der Waals surface area contributed by atoms with Gasteiger partial charge in [0.05, 0.1) is 0 Å². The molecule has 0 heteroatoms. The van der Waals surface area contributed by atoms with Crippen LogP contribution in [-0.4, -0.2) is 0 Å². The minimum Gasteiger partial charge on any atom is -0.0533 e. The average Bonchev–Trinajstić information content (AvgIpc) is 2.61. The molecular weight excluding hydrogens is 120 g/mol. The van der Waals surface area contributed by atoms with Gasteiger partial charge in [-0.25, -0.2) is 0 Å². The Morgan fingerprint density at radius 2 is 1.30 bits per heavy atom. The van der Waals surface area contributed by atoms with Crippen LogP contribution in [0, 0.1) is 11.8 Å². The Balaban J connectivity index is 1.84. The van der Waals surface area contributed by atoms with Crippen molar-refractivity contribution in [1.29, 1.82) is 0 Å². The molecule has 0 amide bonds. The highest BCUT2D eigenvalue weighted by Gasteiger charge is 2.41. The molecule has 1 radical (unpaired) electrons. The molecule has 0 bridgehead atoms. The van der Waals surface area contributed by atoms with Crippen molar-refractivity contribution < 1.29 is 0 Å². The Bertz CT molecular complexity index is 101. The summed E-state index contributed by atoms with van der Waals surface area (Å²) in [6, 6.07) is 0. The monoisotopic (exact) mass is 137 g/mol. The highest BCUT2D eigenvalue weighted by atomic mass is 14.5. The molecule has 2 saturated carbocycles. The zero-order valence-electron chi connectivity index (χ0n) is 6.73. The van der Waals surface area contributed by atoms with Gasteiger partial charge in [0, 0.05) is 0 Å². The van der Waals surface area contributed by atoms with Gasteiger partial charge in [-0.05, 0) is 31.1 Å². The van der Waals surface area contributed by atoms with Crippen LogP contribution in [0.25, 0.3) is 0 Å². The predicted molar refractivity (Wildman–Crippen MR) is 43.7 cm³/mol. The standard InChI is InChI=1S/C10H17/c1-2-4-6-10(8-9-10)7-5-3-1/h8H,1-7,9H2. The molecule has 0 aromatic carbocycles. The summed E-state index contributed by atoms with van der Waals surface area (Å²) in [5.74, 6) is 0. The van der Waals surface area contributed by atoms with Gasteiger partial charge in [0.2, 0.25) is 0 Å². The van der Waals surface area contributed by atoms with Crippen LogP contribution in [0.2, 0.25) is 0 Å². The molecule has 0 N–H and O–H groups in total. The van der Waals surface area contributed by atoms with E-state index in [-0.39, 0.29) is 0 Å². The number of hydrogen-bond donors (Lipinski definition) is 0. The van der Waals surface area contributed by atoms with E-state index in [4.69, 9.17) is 0 Å². The van der Waals surface area contributed by atoms with E-state index >= 15 is 0 Å². The van der Waals surface area contributed by atoms with Gasteiger partial charge in [-0.3, -0.25) is 0 Å². The lowest BCUT2D eigenvalue weighted by atomic mass is 9.89. The molecule has 57 valence electrons. The van der Waals surface area contributed by atoms with E-state index in [0.717, 1.165) is 5.41 Å². The average molecular weight is 137 g/mol. The van der Waals surface area contributed by atoms with E-state index in [2.05, 4.69) is 6.42 Å². The third-order valence-corrected chi connectivity index (χ3v) is 3.13. The highest BCUT2D eigenvalue weighted by Crippen LogP contribution is 2.53. The number of rotatable bonds is 0. The second kappa shape index (κ2) is 2.56. The van der Waals surface area contributed by atoms with Gasteiger partial charge in [-0.2, -0.15) is 0 Å². The fraction of sp³-hybridized carbons (Fsp3) is 0.900. The fourth-order valence-corrected chi connectivity index (χ4v) is 2.16. The first-order valence-electron chi connectivity index (χ1n) is 4.76. The first kappa shape index (κ1) is 6.69. The lowest BCUT2D eigenvalue weighted by Crippen LogP contribution is -2.02. The van der Waals surface area contributed by atoms with Crippen LogP contribution in [0.4, 0.5) is 0 Å². The zero-order valence-corrected chi connectivity index (χ0v) is 6.73. The molecule has 2 fully saturated rings. The zero-order chi connectivity index (χ0) is 6.86. The lowest BCUT2D eigenvalue weighted by Gasteiger charge is -2.17. The molecule has 1 spiro atoms. The third-order valence-electron chi connectivity index (χ3n) is 3.13. The van der Waals surface area contributed by atoms with E-state index in [1.165, 1.54) is 51.4 Å². The van der Waals surface area contributed by atoms with E-state index in [1.54, 1.807) is 0 Å². The normalized spacial score (nSPS) is 31.2. The van der Waals surface area contributed by atoms with Gasteiger partial charge < -0.3 is 0 Å². The molecule has 2 aliphatic carbocycles. The summed E-state index contributed by atoms with van der Waals surface area (Å²) in [4.78, 5) is 0. The van der Waals surface area contributed by atoms with Crippen molar-refractivity contribution in [3.05, 3.63) is 6.42 Å². The Morgan fingerprint density at radius 1 is 0.800 bits per heavy atom. The van der Waals surface area contributed by atoms with Crippen molar-refractivity contribution in [3.63, 3.8) is 0 Å². The Labute approximate surface area is 64.0 Å². The summed E-state index contributed by atoms with van der Waals surface area (Å²) >= 11 is 0. The van der Waals surface area contributed by atoms with E-state index in [1.807, 2.05) is 0 Å². The summed E-state index contributed by atoms with van der Waals surface area (Å²) < 4.78 is 0. The molecule has 0 aliphatic heterocycles. The van der Waals surface area contributed by atoms with E-state index in [0.29, 0.717) is 0 Å². The first-order valence-corrected chi connectivity index (χ1v) is 4.76. The van der Waals surface area contributed by atoms with Gasteiger partial charge >= 0.3 is 0 Å². The Morgan fingerprint density at radius 3 is 1.80 bits per heavy atom. The summed E-state index contributed by atoms with van der Waals surface area (Å²) in [5.41, 5.74) is 0.778. The Hall–Kier alpha value is 0. The molecule has 0 aromatic rings. The molecule has 10 heavy (non-hydrogen) atoms. The summed E-state index contributed by atoms with van der Waals surface area (Å²) in [6.45, 7) is 0. The van der Waals surface area contributed by atoms with Crippen LogP contribution in [0.1, 0.15) is 51.4 Å². The first-order chi connectivity index (χ1) is 4.91. The maximum atomic E-state index is 2.54. The van der Waals surface area contributed by atoms with Gasteiger partial charge in [0.25, 0.3) is 0 Å². The van der Waals surface area contributed by atoms with Gasteiger partial charge in [-0.15, -0.1) is 0 Å². The summed E-state index contributed by atoms with van der Waals surface area (Å²) in [6.07, 6.45) is 14.5. The highest BCUT2D eigenvalue weighted by molar-refractivity contribution is 5.09. The molecule has 0 unspecified atom stereocenters. The molecule has 0 atom stereocenters. The van der Waals surface area contributed by atoms with Crippen molar-refractivity contribution in [2.24, 2.45) is 5.41 Å². The predicted octanol–water partition coefficient (Wildman–Crippen LogP) is 3.33. The van der Waals surface area contributed by atoms with Gasteiger partial charge in [0.1, 0.15) is 0 Å². The second-order valence-electron chi connectivity index (χ2n) is 4.04. The third kappa shape index (κ3) is 1.36. The van der Waals surface area contributed by atoms with Crippen molar-refractivity contribution in [3.8, 4) is 0 Å². The van der Waals surface area contributed by atoms with Crippen molar-refractivity contribution in [2.45, 2.75) is 51.4 Å². The quantitative estimate of drug-likeness (QED) is 0.480. The topological polar surface area (TPSA) is 0 Å². The van der Waals surface area contributed by atoms with Crippen molar-refractivity contribution >= 4 is 0 Å². The van der Waals surface area contributed by atoms with E-state index < -0.39 is 0 Å². The molecule has 0 heterocycles. The van der Waals surface area contributed by atoms with Crippen molar-refractivity contribution in [2.75, 3.05) is 0 Å². The van der Waals surface area contributed by atoms with Crippen LogP contribution < -0.4 is 0 Å². The maximum Gasteiger partial charge on any atom is -0.0263 e. The molecule has 0 nitrogen and oxygen atoms in total. The van der Waals surface area contributed by atoms with Crippen molar-refractivity contribution in [1.82, 2.24) is 0 Å². The Kier molecular flexibility index (Phi) is 1.71. The fourth-order valence-electron chi connectivity index (χ4n) is 2.16. The lowest BCUT2D eigenvalue weighted by molar-refractivity contribution is 0.373. The molecule has 2 rings (SSSR count). The van der Waals surface area contributed by atoms with Crippen LogP contribution in [0.15, 0.2) is 0 Å². The van der Waals surface area contributed by atoms with Crippen LogP contribution in [-0.2, 0) is 0 Å². The molecule has 0 saturated heterocycles. The minimum absolute atomic E-state index is 0.778. The molecule has 2 aliphatic rings. The van der Waals surface area contributed by atoms with Gasteiger partial charge in [-0.1, -0.05) is 32.1 Å². The molecular formula is C10H17. The second-order valence-corrected chi connectivity index (χ2v) is 4.04. The minimum atomic E-state index is 0.778. The van der Waals surface area contributed by atoms with Crippen LogP contribution in [0.3, 0.4) is 0 Å². The molecule has 0 aromatic heterocycles. The maximum absolute atomic E-state index is 2.54. The number of hydrogen-bond acceptors (Lipinski definition) is 0. The largest absolute Gasteiger partial charge is 0.0533 e. The van der Waals surface area contributed by atoms with Crippen LogP contribution in [0.5, 0.6) is 0 Å². The van der Waals surface area contributed by atoms with E-state index in [9.17, 15) is 0 Å². The SMILES string of the molecule is [CH]1CC12CCCCCCC2. The summed E-state index contributed by atoms with van der Waals surface area (Å²) in [7, 11) is 0.